The molecule has 0 saturated carbocycles. The minimum absolute atomic E-state index is 0.648. The second-order valence-corrected chi connectivity index (χ2v) is 5.30. The van der Waals surface area contributed by atoms with Crippen LogP contribution in [0.3, 0.4) is 0 Å². The summed E-state index contributed by atoms with van der Waals surface area (Å²) in [5.41, 5.74) is 1.52. The number of rotatable bonds is 5. The molecule has 0 bridgehead atoms. The van der Waals surface area contributed by atoms with Crippen molar-refractivity contribution in [3.63, 3.8) is 0 Å². The second-order valence-electron chi connectivity index (χ2n) is 4.18. The van der Waals surface area contributed by atoms with E-state index in [1.54, 1.807) is 0 Å². The molecule has 0 aliphatic carbocycles. The quantitative estimate of drug-likeness (QED) is 0.788. The molecule has 0 fully saturated rings. The lowest BCUT2D eigenvalue weighted by atomic mass is 9.97. The minimum atomic E-state index is 0.648. The Balaban J connectivity index is 2.43. The topological polar surface area (TPSA) is 12.0 Å². The third-order valence-corrected chi connectivity index (χ3v) is 3.75. The zero-order valence-corrected chi connectivity index (χ0v) is 10.4. The summed E-state index contributed by atoms with van der Waals surface area (Å²) in [4.78, 5) is 1.48. The Morgan fingerprint density at radius 1 is 1.43 bits per heavy atom. The molecule has 0 aromatic carbocycles. The molecule has 1 atom stereocenters. The molecule has 0 aliphatic heterocycles. The van der Waals surface area contributed by atoms with E-state index in [0.29, 0.717) is 6.04 Å². The molecular weight excluding hydrogens is 190 g/mol. The standard InChI is InChI=1S/C12H21NS/c1-9(2)12(13-4)6-5-11-7-8-14-10(11)3/h7-9,12-13H,5-6H2,1-4H3. The highest BCUT2D eigenvalue weighted by Crippen LogP contribution is 2.18. The highest BCUT2D eigenvalue weighted by atomic mass is 32.1. The first-order valence-corrected chi connectivity index (χ1v) is 6.23. The molecule has 1 heterocycles. The third-order valence-electron chi connectivity index (χ3n) is 2.87. The van der Waals surface area contributed by atoms with Gasteiger partial charge in [-0.2, -0.15) is 0 Å². The number of hydrogen-bond donors (Lipinski definition) is 1. The van der Waals surface area contributed by atoms with E-state index in [1.165, 1.54) is 23.3 Å². The minimum Gasteiger partial charge on any atom is -0.317 e. The molecule has 1 nitrogen and oxygen atoms in total. The Morgan fingerprint density at radius 2 is 2.14 bits per heavy atom. The van der Waals surface area contributed by atoms with Crippen molar-refractivity contribution < 1.29 is 0 Å². The van der Waals surface area contributed by atoms with Crippen LogP contribution in [0.1, 0.15) is 30.7 Å². The molecule has 1 N–H and O–H groups in total. The Bertz CT molecular complexity index is 265. The predicted octanol–water partition coefficient (Wildman–Crippen LogP) is 3.23. The Kier molecular flexibility index (Phi) is 4.63. The van der Waals surface area contributed by atoms with Crippen molar-refractivity contribution in [2.45, 2.75) is 39.7 Å². The van der Waals surface area contributed by atoms with Crippen LogP contribution in [0.4, 0.5) is 0 Å². The molecule has 0 radical (unpaired) electrons. The van der Waals surface area contributed by atoms with Gasteiger partial charge in [0.1, 0.15) is 0 Å². The smallest absolute Gasteiger partial charge is 0.00902 e. The van der Waals surface area contributed by atoms with Crippen LogP contribution < -0.4 is 5.32 Å². The first-order valence-electron chi connectivity index (χ1n) is 5.35. The van der Waals surface area contributed by atoms with Gasteiger partial charge in [0.05, 0.1) is 0 Å². The van der Waals surface area contributed by atoms with E-state index >= 15 is 0 Å². The average Bonchev–Trinajstić information content (AvgIpc) is 2.52. The van der Waals surface area contributed by atoms with Crippen LogP contribution in [-0.2, 0) is 6.42 Å². The van der Waals surface area contributed by atoms with Crippen molar-refractivity contribution >= 4 is 11.3 Å². The predicted molar refractivity (Wildman–Crippen MR) is 65.1 cm³/mol. The van der Waals surface area contributed by atoms with Gasteiger partial charge in [0.25, 0.3) is 0 Å². The van der Waals surface area contributed by atoms with Gasteiger partial charge in [-0.3, -0.25) is 0 Å². The van der Waals surface area contributed by atoms with Crippen LogP contribution in [-0.4, -0.2) is 13.1 Å². The van der Waals surface area contributed by atoms with Crippen molar-refractivity contribution in [2.24, 2.45) is 5.92 Å². The van der Waals surface area contributed by atoms with Crippen LogP contribution in [0.15, 0.2) is 11.4 Å². The van der Waals surface area contributed by atoms with Gasteiger partial charge in [-0.15, -0.1) is 11.3 Å². The SMILES string of the molecule is CNC(CCc1ccsc1C)C(C)C. The lowest BCUT2D eigenvalue weighted by Gasteiger charge is -2.19. The Morgan fingerprint density at radius 3 is 2.57 bits per heavy atom. The number of thiophene rings is 1. The highest BCUT2D eigenvalue weighted by Gasteiger charge is 2.11. The summed E-state index contributed by atoms with van der Waals surface area (Å²) < 4.78 is 0. The Hall–Kier alpha value is -0.340. The van der Waals surface area contributed by atoms with Crippen molar-refractivity contribution in [2.75, 3.05) is 7.05 Å². The van der Waals surface area contributed by atoms with E-state index in [1.807, 2.05) is 11.3 Å². The van der Waals surface area contributed by atoms with Crippen LogP contribution in [0.25, 0.3) is 0 Å². The van der Waals surface area contributed by atoms with Crippen molar-refractivity contribution in [1.82, 2.24) is 5.32 Å². The fourth-order valence-corrected chi connectivity index (χ4v) is 2.55. The fraction of sp³-hybridized carbons (Fsp3) is 0.667. The van der Waals surface area contributed by atoms with Crippen LogP contribution in [0.2, 0.25) is 0 Å². The molecule has 14 heavy (non-hydrogen) atoms. The monoisotopic (exact) mass is 211 g/mol. The van der Waals surface area contributed by atoms with Gasteiger partial charge in [-0.05, 0) is 49.7 Å². The molecule has 1 aromatic heterocycles. The van der Waals surface area contributed by atoms with Crippen LogP contribution in [0, 0.1) is 12.8 Å². The maximum atomic E-state index is 3.39. The van der Waals surface area contributed by atoms with Gasteiger partial charge in [0.2, 0.25) is 0 Å². The fourth-order valence-electron chi connectivity index (χ4n) is 1.79. The van der Waals surface area contributed by atoms with Gasteiger partial charge in [-0.1, -0.05) is 13.8 Å². The lowest BCUT2D eigenvalue weighted by Crippen LogP contribution is -2.31. The molecule has 1 aromatic rings. The van der Waals surface area contributed by atoms with Gasteiger partial charge < -0.3 is 5.32 Å². The maximum absolute atomic E-state index is 3.39. The molecule has 0 spiro atoms. The average molecular weight is 211 g/mol. The summed E-state index contributed by atoms with van der Waals surface area (Å²) in [5, 5.41) is 5.58. The van der Waals surface area contributed by atoms with E-state index in [-0.39, 0.29) is 0 Å². The first-order chi connectivity index (χ1) is 6.65. The summed E-state index contributed by atoms with van der Waals surface area (Å²) in [6.45, 7) is 6.77. The van der Waals surface area contributed by atoms with E-state index in [0.717, 1.165) is 5.92 Å². The summed E-state index contributed by atoms with van der Waals surface area (Å²) in [6.07, 6.45) is 2.45. The largest absolute Gasteiger partial charge is 0.317 e. The summed E-state index contributed by atoms with van der Waals surface area (Å²) in [7, 11) is 2.06. The van der Waals surface area contributed by atoms with E-state index in [4.69, 9.17) is 0 Å². The molecule has 80 valence electrons. The highest BCUT2D eigenvalue weighted by molar-refractivity contribution is 7.10. The third kappa shape index (κ3) is 3.10. The number of nitrogens with one attached hydrogen (secondary N) is 1. The molecule has 2 heteroatoms. The lowest BCUT2D eigenvalue weighted by molar-refractivity contribution is 0.403. The molecule has 1 unspecified atom stereocenters. The summed E-state index contributed by atoms with van der Waals surface area (Å²) >= 11 is 1.85. The molecule has 1 rings (SSSR count). The van der Waals surface area contributed by atoms with E-state index in [9.17, 15) is 0 Å². The van der Waals surface area contributed by atoms with Gasteiger partial charge >= 0.3 is 0 Å². The zero-order valence-electron chi connectivity index (χ0n) is 9.63. The van der Waals surface area contributed by atoms with Crippen LogP contribution in [0.5, 0.6) is 0 Å². The number of aryl methyl sites for hydroxylation is 2. The number of hydrogen-bond acceptors (Lipinski definition) is 2. The molecule has 0 aliphatic rings. The van der Waals surface area contributed by atoms with Crippen LogP contribution >= 0.6 is 11.3 Å². The van der Waals surface area contributed by atoms with Gasteiger partial charge in [0, 0.05) is 10.9 Å². The van der Waals surface area contributed by atoms with Crippen molar-refractivity contribution in [1.29, 1.82) is 0 Å². The van der Waals surface area contributed by atoms with Crippen molar-refractivity contribution in [3.8, 4) is 0 Å². The van der Waals surface area contributed by atoms with Gasteiger partial charge in [-0.25, -0.2) is 0 Å². The molecule has 0 amide bonds. The zero-order chi connectivity index (χ0) is 10.6. The first kappa shape index (κ1) is 11.7. The van der Waals surface area contributed by atoms with Crippen molar-refractivity contribution in [3.05, 3.63) is 21.9 Å². The van der Waals surface area contributed by atoms with E-state index in [2.05, 4.69) is 44.6 Å². The molecule has 0 saturated heterocycles. The maximum Gasteiger partial charge on any atom is 0.00902 e. The molecular formula is C12H21NS. The summed E-state index contributed by atoms with van der Waals surface area (Å²) in [5.74, 6) is 0.721. The summed E-state index contributed by atoms with van der Waals surface area (Å²) in [6, 6.07) is 2.90. The Labute approximate surface area is 91.5 Å². The van der Waals surface area contributed by atoms with E-state index < -0.39 is 0 Å². The normalized spacial score (nSPS) is 13.5. The second kappa shape index (κ2) is 5.52. The van der Waals surface area contributed by atoms with Gasteiger partial charge in [0.15, 0.2) is 0 Å².